The number of unbranched alkanes of at least 4 members (excludes halogenated alkanes) is 10. The smallest absolute Gasteiger partial charge is 0.320 e. The number of hydrogen-bond acceptors (Lipinski definition) is 3. The van der Waals surface area contributed by atoms with Crippen molar-refractivity contribution in [1.29, 1.82) is 0 Å². The summed E-state index contributed by atoms with van der Waals surface area (Å²) in [5.41, 5.74) is 10.4. The maximum absolute atomic E-state index is 10.1. The van der Waals surface area contributed by atoms with Gasteiger partial charge in [-0.25, -0.2) is 0 Å². The molecule has 0 bridgehead atoms. The van der Waals surface area contributed by atoms with Gasteiger partial charge >= 0.3 is 111 Å². The Kier molecular flexibility index (Phi) is 21.1. The van der Waals surface area contributed by atoms with Crippen molar-refractivity contribution in [3.05, 3.63) is 0 Å². The molecule has 0 heterocycles. The summed E-state index contributed by atoms with van der Waals surface area (Å²) in [5, 5.41) is 8.33. The summed E-state index contributed by atoms with van der Waals surface area (Å²) in [6, 6.07) is -0.716. The van der Waals surface area contributed by atoms with Crippen molar-refractivity contribution in [1.82, 2.24) is 0 Å². The zero-order valence-corrected chi connectivity index (χ0v) is 19.2. The molecule has 0 aromatic rings. The van der Waals surface area contributed by atoms with Crippen LogP contribution in [0.25, 0.3) is 0 Å². The van der Waals surface area contributed by atoms with Crippen LogP contribution < -0.4 is 11.5 Å². The predicted octanol–water partition coefficient (Wildman–Crippen LogP) is 5.07. The molecule has 0 aromatic heterocycles. The number of hydrogen-bond donors (Lipinski definition) is 3. The van der Waals surface area contributed by atoms with E-state index in [0.29, 0.717) is 13.0 Å². The van der Waals surface area contributed by atoms with Crippen molar-refractivity contribution >= 4 is 13.2 Å². The Labute approximate surface area is 164 Å². The number of carbonyl (C=O) groups is 1. The number of rotatable bonds is 16. The molecule has 0 radical (unpaired) electrons. The van der Waals surface area contributed by atoms with E-state index < -0.39 is 19.3 Å². The van der Waals surface area contributed by atoms with Crippen molar-refractivity contribution in [2.24, 2.45) is 11.5 Å². The second kappa shape index (κ2) is 19.6. The Hall–Kier alpha value is -0.180. The summed E-state index contributed by atoms with van der Waals surface area (Å²) < 4.78 is 0. The van der Waals surface area contributed by atoms with Crippen LogP contribution in [-0.2, 0) is 4.79 Å². The average molecular weight is 393 g/mol. The summed E-state index contributed by atoms with van der Waals surface area (Å²) in [4.78, 5) is 10.1. The van der Waals surface area contributed by atoms with E-state index in [1.54, 1.807) is 0 Å². The van der Waals surface area contributed by atoms with Crippen molar-refractivity contribution in [3.63, 3.8) is 0 Å². The van der Waals surface area contributed by atoms with Crippen molar-refractivity contribution in [2.45, 2.75) is 96.4 Å². The van der Waals surface area contributed by atoms with Crippen molar-refractivity contribution in [2.75, 3.05) is 32.7 Å². The van der Waals surface area contributed by atoms with Gasteiger partial charge < -0.3 is 16.6 Å². The zero-order valence-electron chi connectivity index (χ0n) is 18.2. The van der Waals surface area contributed by atoms with Gasteiger partial charge in [-0.1, -0.05) is 6.42 Å². The van der Waals surface area contributed by atoms with Crippen LogP contribution in [0.15, 0.2) is 0 Å². The van der Waals surface area contributed by atoms with E-state index in [-0.39, 0.29) is 0 Å². The Morgan fingerprint density at radius 1 is 0.846 bits per heavy atom. The number of carboxylic acids is 1. The van der Waals surface area contributed by atoms with Crippen LogP contribution in [0, 0.1) is 0 Å². The number of carboxylic acid groups (broad SMARTS) is 1. The van der Waals surface area contributed by atoms with Crippen LogP contribution in [0.4, 0.5) is 0 Å². The van der Waals surface area contributed by atoms with Crippen LogP contribution in [-0.4, -0.2) is 49.8 Å². The van der Waals surface area contributed by atoms with Crippen LogP contribution in [0.5, 0.6) is 0 Å². The fraction of sp³-hybridized carbons (Fsp3) is 0.952. The second-order valence-electron chi connectivity index (χ2n) is 8.72. The van der Waals surface area contributed by atoms with E-state index in [1.807, 2.05) is 0 Å². The first-order valence-electron chi connectivity index (χ1n) is 10.9. The van der Waals surface area contributed by atoms with Crippen LogP contribution >= 0.6 is 7.26 Å². The molecular formula is C21H49N2O2P. The summed E-state index contributed by atoms with van der Waals surface area (Å²) >= 11 is 0. The van der Waals surface area contributed by atoms with Gasteiger partial charge in [0.05, 0.1) is 0 Å². The third-order valence-electron chi connectivity index (χ3n) is 4.57. The van der Waals surface area contributed by atoms with Gasteiger partial charge in [0.2, 0.25) is 0 Å². The van der Waals surface area contributed by atoms with E-state index in [9.17, 15) is 4.79 Å². The molecule has 0 fully saturated rings. The van der Waals surface area contributed by atoms with Gasteiger partial charge in [0, 0.05) is 0 Å². The first kappa shape index (κ1) is 28.0. The summed E-state index contributed by atoms with van der Waals surface area (Å²) in [6.45, 7) is 10.4. The molecule has 26 heavy (non-hydrogen) atoms. The fourth-order valence-corrected chi connectivity index (χ4v) is 4.09. The molecule has 160 valence electrons. The minimum absolute atomic E-state index is 0.520. The number of nitrogens with two attached hydrogens (primary N) is 2. The number of aliphatic carboxylic acids is 1. The van der Waals surface area contributed by atoms with Gasteiger partial charge in [-0.3, -0.25) is 4.79 Å². The molecule has 4 nitrogen and oxygen atoms in total. The van der Waals surface area contributed by atoms with E-state index in [0.717, 1.165) is 12.8 Å². The van der Waals surface area contributed by atoms with E-state index in [1.165, 1.54) is 70.4 Å². The molecule has 5 heteroatoms. The van der Waals surface area contributed by atoms with Gasteiger partial charge in [0.25, 0.3) is 0 Å². The SMILES string of the molecule is CCCCCCCCCCCC[PH](C)(C)C.NCCCCC(N)C(=O)O. The van der Waals surface area contributed by atoms with E-state index >= 15 is 0 Å². The van der Waals surface area contributed by atoms with Crippen LogP contribution in [0.3, 0.4) is 0 Å². The van der Waals surface area contributed by atoms with Crippen molar-refractivity contribution in [3.8, 4) is 0 Å². The van der Waals surface area contributed by atoms with E-state index in [4.69, 9.17) is 16.6 Å². The Morgan fingerprint density at radius 2 is 1.31 bits per heavy atom. The summed E-state index contributed by atoms with van der Waals surface area (Å²) in [7, 11) is -0.748. The maximum atomic E-state index is 10.1. The van der Waals surface area contributed by atoms with Gasteiger partial charge in [-0.15, -0.1) is 0 Å². The average Bonchev–Trinajstić information content (AvgIpc) is 2.56. The van der Waals surface area contributed by atoms with Crippen LogP contribution in [0.2, 0.25) is 0 Å². The predicted molar refractivity (Wildman–Crippen MR) is 121 cm³/mol. The quantitative estimate of drug-likeness (QED) is 0.252. The Morgan fingerprint density at radius 3 is 1.69 bits per heavy atom. The Balaban J connectivity index is 0. The first-order chi connectivity index (χ1) is 12.2. The minimum atomic E-state index is -0.933. The maximum Gasteiger partial charge on any atom is 0.320 e. The third kappa shape index (κ3) is 26.1. The zero-order chi connectivity index (χ0) is 20.3. The molecule has 0 spiro atoms. The molecule has 0 saturated heterocycles. The molecule has 5 N–H and O–H groups in total. The third-order valence-corrected chi connectivity index (χ3v) is 6.42. The molecule has 1 atom stereocenters. The van der Waals surface area contributed by atoms with Gasteiger partial charge in [-0.2, -0.15) is 0 Å². The molecule has 0 aliphatic rings. The van der Waals surface area contributed by atoms with Gasteiger partial charge in [0.1, 0.15) is 6.04 Å². The normalized spacial score (nSPS) is 13.0. The van der Waals surface area contributed by atoms with Gasteiger partial charge in [0.15, 0.2) is 0 Å². The van der Waals surface area contributed by atoms with Crippen LogP contribution in [0.1, 0.15) is 90.4 Å². The summed E-state index contributed by atoms with van der Waals surface area (Å²) in [6.07, 6.45) is 18.4. The molecule has 0 amide bonds. The second-order valence-corrected chi connectivity index (χ2v) is 14.3. The molecule has 0 aliphatic heterocycles. The molecule has 0 aliphatic carbocycles. The molecule has 0 aromatic carbocycles. The topological polar surface area (TPSA) is 89.3 Å². The first-order valence-corrected chi connectivity index (χ1v) is 14.6. The standard InChI is InChI=1S/C15H35P.C6H14N2O2/c1-5-6-7-8-9-10-11-12-13-14-15-16(2,3)4;7-4-2-1-3-5(8)6(9)10/h16H,5-15H2,1-4H3;5H,1-4,7-8H2,(H,9,10). The minimum Gasteiger partial charge on any atom is -0.480 e. The monoisotopic (exact) mass is 392 g/mol. The molecule has 1 unspecified atom stereocenters. The Bertz CT molecular complexity index is 307. The molecule has 0 rings (SSSR count). The van der Waals surface area contributed by atoms with Crippen molar-refractivity contribution < 1.29 is 9.90 Å². The molecule has 0 saturated carbocycles. The van der Waals surface area contributed by atoms with Gasteiger partial charge in [-0.05, 0) is 19.4 Å². The largest absolute Gasteiger partial charge is 0.480 e. The molecular weight excluding hydrogens is 343 g/mol. The fourth-order valence-electron chi connectivity index (χ4n) is 2.77. The summed E-state index contributed by atoms with van der Waals surface area (Å²) in [5.74, 6) is -0.933. The van der Waals surface area contributed by atoms with E-state index in [2.05, 4.69) is 26.9 Å².